The van der Waals surface area contributed by atoms with Gasteiger partial charge in [-0.3, -0.25) is 0 Å². The molecule has 2 aromatic carbocycles. The van der Waals surface area contributed by atoms with Gasteiger partial charge >= 0.3 is 6.09 Å². The number of hydrogen-bond acceptors (Lipinski definition) is 3. The summed E-state index contributed by atoms with van der Waals surface area (Å²) in [5.41, 5.74) is -0.458. The summed E-state index contributed by atoms with van der Waals surface area (Å²) in [4.78, 5) is 14.3. The Hall–Kier alpha value is -2.11. The minimum Gasteiger partial charge on any atom is -0.444 e. The lowest BCUT2D eigenvalue weighted by Crippen LogP contribution is -2.67. The van der Waals surface area contributed by atoms with Crippen LogP contribution in [-0.4, -0.2) is 44.6 Å². The summed E-state index contributed by atoms with van der Waals surface area (Å²) in [6.07, 6.45) is 1.68. The summed E-state index contributed by atoms with van der Waals surface area (Å²) in [6.45, 7) is 14.8. The summed E-state index contributed by atoms with van der Waals surface area (Å²) < 4.78 is 12.6. The standard InChI is InChI=1S/C27H39NO3Si/c1-26(2,3)31-25(29)28-19-17-22(18-20-28)21-30-32(27(4,5)6,23-13-9-7-10-14-23)24-15-11-8-12-16-24/h7-16,22H,17-21H2,1-6H3. The summed E-state index contributed by atoms with van der Waals surface area (Å²) in [6, 6.07) is 21.5. The molecule has 3 rings (SSSR count). The number of likely N-dealkylation sites (tertiary alicyclic amines) is 1. The molecular weight excluding hydrogens is 414 g/mol. The Kier molecular flexibility index (Phi) is 7.51. The van der Waals surface area contributed by atoms with E-state index in [1.54, 1.807) is 0 Å². The van der Waals surface area contributed by atoms with Gasteiger partial charge in [0.1, 0.15) is 5.60 Å². The molecule has 0 unspecified atom stereocenters. The predicted molar refractivity (Wildman–Crippen MR) is 134 cm³/mol. The molecule has 4 nitrogen and oxygen atoms in total. The SMILES string of the molecule is CC(C)(C)OC(=O)N1CCC(CO[Si](c2ccccc2)(c2ccccc2)C(C)(C)C)CC1. The third-order valence-electron chi connectivity index (χ3n) is 6.22. The van der Waals surface area contributed by atoms with Crippen LogP contribution in [0.1, 0.15) is 54.4 Å². The molecule has 1 aliphatic rings. The van der Waals surface area contributed by atoms with Crippen LogP contribution in [0.15, 0.2) is 60.7 Å². The number of piperidine rings is 1. The monoisotopic (exact) mass is 453 g/mol. The molecule has 0 bridgehead atoms. The largest absolute Gasteiger partial charge is 0.444 e. The Bertz CT molecular complexity index is 824. The predicted octanol–water partition coefficient (Wildman–Crippen LogP) is 5.21. The number of benzene rings is 2. The van der Waals surface area contributed by atoms with E-state index in [1.807, 2.05) is 25.7 Å². The van der Waals surface area contributed by atoms with Gasteiger partial charge in [0, 0.05) is 19.7 Å². The molecule has 0 aromatic heterocycles. The van der Waals surface area contributed by atoms with Crippen LogP contribution in [0, 0.1) is 5.92 Å². The molecule has 2 aromatic rings. The molecule has 1 aliphatic heterocycles. The summed E-state index contributed by atoms with van der Waals surface area (Å²) in [5, 5.41) is 2.60. The van der Waals surface area contributed by atoms with Crippen molar-refractivity contribution in [2.24, 2.45) is 5.92 Å². The van der Waals surface area contributed by atoms with E-state index in [0.717, 1.165) is 32.5 Å². The van der Waals surface area contributed by atoms with Crippen LogP contribution in [0.2, 0.25) is 5.04 Å². The highest BCUT2D eigenvalue weighted by molar-refractivity contribution is 6.99. The first-order valence-corrected chi connectivity index (χ1v) is 13.7. The normalized spacial score (nSPS) is 16.1. The molecule has 0 atom stereocenters. The van der Waals surface area contributed by atoms with E-state index in [-0.39, 0.29) is 11.1 Å². The van der Waals surface area contributed by atoms with E-state index in [1.165, 1.54) is 10.4 Å². The molecule has 32 heavy (non-hydrogen) atoms. The second kappa shape index (κ2) is 9.80. The molecule has 0 aliphatic carbocycles. The molecule has 1 amide bonds. The Morgan fingerprint density at radius 3 is 1.75 bits per heavy atom. The molecule has 5 heteroatoms. The maximum atomic E-state index is 12.4. The van der Waals surface area contributed by atoms with Gasteiger partial charge < -0.3 is 14.1 Å². The number of carbonyl (C=O) groups excluding carboxylic acids is 1. The lowest BCUT2D eigenvalue weighted by Gasteiger charge is -2.44. The molecule has 174 valence electrons. The van der Waals surface area contributed by atoms with Crippen molar-refractivity contribution in [1.82, 2.24) is 4.90 Å². The average Bonchev–Trinajstić information content (AvgIpc) is 2.74. The van der Waals surface area contributed by atoms with Crippen LogP contribution >= 0.6 is 0 Å². The van der Waals surface area contributed by atoms with E-state index in [9.17, 15) is 4.79 Å². The van der Waals surface area contributed by atoms with Gasteiger partial charge in [0.15, 0.2) is 0 Å². The van der Waals surface area contributed by atoms with Crippen LogP contribution in [-0.2, 0) is 9.16 Å². The van der Waals surface area contributed by atoms with E-state index >= 15 is 0 Å². The van der Waals surface area contributed by atoms with Crippen LogP contribution < -0.4 is 10.4 Å². The van der Waals surface area contributed by atoms with Crippen molar-refractivity contribution in [1.29, 1.82) is 0 Å². The highest BCUT2D eigenvalue weighted by Crippen LogP contribution is 2.37. The molecule has 1 fully saturated rings. The second-order valence-electron chi connectivity index (χ2n) is 10.9. The van der Waals surface area contributed by atoms with Gasteiger partial charge in [0.2, 0.25) is 0 Å². The first-order valence-electron chi connectivity index (χ1n) is 11.8. The Balaban J connectivity index is 1.77. The lowest BCUT2D eigenvalue weighted by molar-refractivity contribution is 0.0163. The fourth-order valence-electron chi connectivity index (χ4n) is 4.61. The van der Waals surface area contributed by atoms with Gasteiger partial charge in [0.05, 0.1) is 0 Å². The van der Waals surface area contributed by atoms with Crippen LogP contribution in [0.4, 0.5) is 4.79 Å². The minimum absolute atomic E-state index is 0.0209. The van der Waals surface area contributed by atoms with Crippen molar-refractivity contribution >= 4 is 24.8 Å². The first-order chi connectivity index (χ1) is 15.0. The third-order valence-corrected chi connectivity index (χ3v) is 11.2. The highest BCUT2D eigenvalue weighted by Gasteiger charge is 2.50. The van der Waals surface area contributed by atoms with Crippen molar-refractivity contribution < 1.29 is 14.0 Å². The minimum atomic E-state index is -2.51. The topological polar surface area (TPSA) is 38.8 Å². The van der Waals surface area contributed by atoms with Gasteiger partial charge in [-0.15, -0.1) is 0 Å². The smallest absolute Gasteiger partial charge is 0.410 e. The van der Waals surface area contributed by atoms with Crippen molar-refractivity contribution in [3.05, 3.63) is 60.7 Å². The van der Waals surface area contributed by atoms with Gasteiger partial charge in [-0.1, -0.05) is 81.4 Å². The van der Waals surface area contributed by atoms with E-state index < -0.39 is 13.9 Å². The van der Waals surface area contributed by atoms with Gasteiger partial charge in [-0.05, 0) is 54.9 Å². The molecular formula is C27H39NO3Si. The number of carbonyl (C=O) groups is 1. The molecule has 0 saturated carbocycles. The molecule has 0 N–H and O–H groups in total. The summed E-state index contributed by atoms with van der Waals surface area (Å²) >= 11 is 0. The Labute approximate surface area is 195 Å². The number of nitrogens with zero attached hydrogens (tertiary/aromatic N) is 1. The molecule has 1 saturated heterocycles. The zero-order valence-electron chi connectivity index (χ0n) is 20.6. The third kappa shape index (κ3) is 5.62. The molecule has 1 heterocycles. The van der Waals surface area contributed by atoms with Gasteiger partial charge in [0.25, 0.3) is 8.32 Å². The summed E-state index contributed by atoms with van der Waals surface area (Å²) in [7, 11) is -2.51. The fraction of sp³-hybridized carbons (Fsp3) is 0.519. The lowest BCUT2D eigenvalue weighted by atomic mass is 9.98. The zero-order chi connectivity index (χ0) is 23.4. The number of amides is 1. The maximum absolute atomic E-state index is 12.4. The first kappa shape index (κ1) is 24.5. The van der Waals surface area contributed by atoms with Crippen molar-refractivity contribution in [3.63, 3.8) is 0 Å². The quantitative estimate of drug-likeness (QED) is 0.583. The summed E-state index contributed by atoms with van der Waals surface area (Å²) in [5.74, 6) is 0.440. The highest BCUT2D eigenvalue weighted by atomic mass is 28.4. The van der Waals surface area contributed by atoms with Gasteiger partial charge in [-0.25, -0.2) is 4.79 Å². The van der Waals surface area contributed by atoms with Gasteiger partial charge in [-0.2, -0.15) is 0 Å². The van der Waals surface area contributed by atoms with Crippen LogP contribution in [0.5, 0.6) is 0 Å². The van der Waals surface area contributed by atoms with Crippen molar-refractivity contribution in [2.45, 2.75) is 65.0 Å². The van der Waals surface area contributed by atoms with E-state index in [2.05, 4.69) is 81.4 Å². The molecule has 0 radical (unpaired) electrons. The second-order valence-corrected chi connectivity index (χ2v) is 15.2. The van der Waals surface area contributed by atoms with Crippen molar-refractivity contribution in [3.8, 4) is 0 Å². The number of hydrogen-bond donors (Lipinski definition) is 0. The Morgan fingerprint density at radius 1 is 0.875 bits per heavy atom. The maximum Gasteiger partial charge on any atom is 0.410 e. The Morgan fingerprint density at radius 2 is 1.34 bits per heavy atom. The van der Waals surface area contributed by atoms with Crippen molar-refractivity contribution in [2.75, 3.05) is 19.7 Å². The zero-order valence-corrected chi connectivity index (χ0v) is 21.6. The van der Waals surface area contributed by atoms with Crippen LogP contribution in [0.3, 0.4) is 0 Å². The number of rotatable bonds is 5. The van der Waals surface area contributed by atoms with Crippen LogP contribution in [0.25, 0.3) is 0 Å². The fourth-order valence-corrected chi connectivity index (χ4v) is 9.25. The van der Waals surface area contributed by atoms with E-state index in [0.29, 0.717) is 5.92 Å². The number of ether oxygens (including phenoxy) is 1. The average molecular weight is 454 g/mol. The van der Waals surface area contributed by atoms with E-state index in [4.69, 9.17) is 9.16 Å². The molecule has 0 spiro atoms.